The molecule has 1 aliphatic heterocycles. The van der Waals surface area contributed by atoms with Crippen molar-refractivity contribution in [3.05, 3.63) is 22.4 Å². The van der Waals surface area contributed by atoms with E-state index >= 15 is 0 Å². The second-order valence-electron chi connectivity index (χ2n) is 5.41. The molecular formula is C14H18N2O2S. The first-order valence-electron chi connectivity index (χ1n) is 6.79. The van der Waals surface area contributed by atoms with Crippen LogP contribution in [0.2, 0.25) is 0 Å². The van der Waals surface area contributed by atoms with Gasteiger partial charge >= 0.3 is 0 Å². The number of amides is 2. The van der Waals surface area contributed by atoms with Gasteiger partial charge in [-0.2, -0.15) is 11.3 Å². The molecule has 2 atom stereocenters. The number of carbonyl (C=O) groups excluding carboxylic acids is 2. The van der Waals surface area contributed by atoms with Gasteiger partial charge in [-0.15, -0.1) is 0 Å². The summed E-state index contributed by atoms with van der Waals surface area (Å²) >= 11 is 1.66. The minimum absolute atomic E-state index is 0.0122. The SMILES string of the molecule is CC1C(=O)NC(C2CC2)C(=O)N1CCc1ccsc1. The molecule has 0 radical (unpaired) electrons. The molecule has 4 nitrogen and oxygen atoms in total. The molecule has 1 saturated carbocycles. The molecule has 1 aromatic heterocycles. The van der Waals surface area contributed by atoms with Crippen LogP contribution in [0.3, 0.4) is 0 Å². The Morgan fingerprint density at radius 1 is 1.42 bits per heavy atom. The van der Waals surface area contributed by atoms with Gasteiger partial charge in [0.15, 0.2) is 0 Å². The Morgan fingerprint density at radius 2 is 2.21 bits per heavy atom. The van der Waals surface area contributed by atoms with Crippen LogP contribution in [0.15, 0.2) is 16.8 Å². The van der Waals surface area contributed by atoms with Crippen LogP contribution >= 0.6 is 11.3 Å². The maximum Gasteiger partial charge on any atom is 0.246 e. The number of piperazine rings is 1. The molecule has 0 aromatic carbocycles. The molecule has 0 bridgehead atoms. The predicted octanol–water partition coefficient (Wildman–Crippen LogP) is 1.42. The van der Waals surface area contributed by atoms with Gasteiger partial charge in [-0.05, 0) is 54.5 Å². The lowest BCUT2D eigenvalue weighted by atomic mass is 10.0. The largest absolute Gasteiger partial charge is 0.342 e. The highest BCUT2D eigenvalue weighted by atomic mass is 32.1. The van der Waals surface area contributed by atoms with Crippen LogP contribution < -0.4 is 5.32 Å². The Bertz CT molecular complexity index is 482. The van der Waals surface area contributed by atoms with Crippen LogP contribution in [0.4, 0.5) is 0 Å². The summed E-state index contributed by atoms with van der Waals surface area (Å²) in [5, 5.41) is 7.01. The second kappa shape index (κ2) is 4.96. The fourth-order valence-corrected chi connectivity index (χ4v) is 3.29. The van der Waals surface area contributed by atoms with Crippen molar-refractivity contribution in [1.82, 2.24) is 10.2 Å². The highest BCUT2D eigenvalue weighted by Gasteiger charge is 2.45. The number of carbonyl (C=O) groups is 2. The average molecular weight is 278 g/mol. The lowest BCUT2D eigenvalue weighted by Gasteiger charge is -2.37. The van der Waals surface area contributed by atoms with Gasteiger partial charge < -0.3 is 10.2 Å². The van der Waals surface area contributed by atoms with Crippen molar-refractivity contribution in [2.45, 2.75) is 38.3 Å². The zero-order valence-corrected chi connectivity index (χ0v) is 11.8. The van der Waals surface area contributed by atoms with E-state index in [-0.39, 0.29) is 23.9 Å². The quantitative estimate of drug-likeness (QED) is 0.905. The Morgan fingerprint density at radius 3 is 2.84 bits per heavy atom. The first-order valence-corrected chi connectivity index (χ1v) is 7.73. The standard InChI is InChI=1S/C14H18N2O2S/c1-9-13(17)15-12(11-2-3-11)14(18)16(9)6-4-10-5-7-19-8-10/h5,7-9,11-12H,2-4,6H2,1H3,(H,15,17). The van der Waals surface area contributed by atoms with Crippen LogP contribution in [-0.4, -0.2) is 35.3 Å². The fourth-order valence-electron chi connectivity index (χ4n) is 2.58. The first kappa shape index (κ1) is 12.7. The maximum atomic E-state index is 12.4. The molecule has 2 fully saturated rings. The first-order chi connectivity index (χ1) is 9.16. The van der Waals surface area contributed by atoms with Crippen LogP contribution in [-0.2, 0) is 16.0 Å². The van der Waals surface area contributed by atoms with Crippen molar-refractivity contribution in [3.8, 4) is 0 Å². The second-order valence-corrected chi connectivity index (χ2v) is 6.19. The Balaban J connectivity index is 1.69. The number of thiophene rings is 1. The molecule has 2 heterocycles. The van der Waals surface area contributed by atoms with Gasteiger partial charge in [0.25, 0.3) is 0 Å². The van der Waals surface area contributed by atoms with E-state index in [9.17, 15) is 9.59 Å². The summed E-state index contributed by atoms with van der Waals surface area (Å²) in [6, 6.07) is 1.45. The summed E-state index contributed by atoms with van der Waals surface area (Å²) in [6.07, 6.45) is 2.94. The summed E-state index contributed by atoms with van der Waals surface area (Å²) in [6.45, 7) is 2.44. The third-order valence-electron chi connectivity index (χ3n) is 4.01. The number of hydrogen-bond donors (Lipinski definition) is 1. The smallest absolute Gasteiger partial charge is 0.246 e. The minimum Gasteiger partial charge on any atom is -0.342 e. The van der Waals surface area contributed by atoms with Crippen LogP contribution in [0.25, 0.3) is 0 Å². The topological polar surface area (TPSA) is 49.4 Å². The van der Waals surface area contributed by atoms with Gasteiger partial charge in [-0.1, -0.05) is 0 Å². The molecule has 1 aromatic rings. The van der Waals surface area contributed by atoms with E-state index in [4.69, 9.17) is 0 Å². The van der Waals surface area contributed by atoms with Gasteiger partial charge in [-0.25, -0.2) is 0 Å². The molecule has 19 heavy (non-hydrogen) atoms. The summed E-state index contributed by atoms with van der Waals surface area (Å²) in [7, 11) is 0. The van der Waals surface area contributed by atoms with Crippen LogP contribution in [0.1, 0.15) is 25.3 Å². The lowest BCUT2D eigenvalue weighted by Crippen LogP contribution is -2.63. The molecular weight excluding hydrogens is 260 g/mol. The molecule has 5 heteroatoms. The lowest BCUT2D eigenvalue weighted by molar-refractivity contribution is -0.149. The molecule has 1 saturated heterocycles. The van der Waals surface area contributed by atoms with Gasteiger partial charge in [0.05, 0.1) is 0 Å². The van der Waals surface area contributed by atoms with Crippen molar-refractivity contribution < 1.29 is 9.59 Å². The van der Waals surface area contributed by atoms with Gasteiger partial charge in [-0.3, -0.25) is 9.59 Å². The third-order valence-corrected chi connectivity index (χ3v) is 4.74. The number of hydrogen-bond acceptors (Lipinski definition) is 3. The van der Waals surface area contributed by atoms with Gasteiger partial charge in [0.2, 0.25) is 11.8 Å². The van der Waals surface area contributed by atoms with Crippen molar-refractivity contribution in [2.24, 2.45) is 5.92 Å². The van der Waals surface area contributed by atoms with Crippen molar-refractivity contribution >= 4 is 23.2 Å². The van der Waals surface area contributed by atoms with Crippen LogP contribution in [0.5, 0.6) is 0 Å². The molecule has 1 N–H and O–H groups in total. The fraction of sp³-hybridized carbons (Fsp3) is 0.571. The molecule has 2 unspecified atom stereocenters. The van der Waals surface area contributed by atoms with E-state index in [0.29, 0.717) is 12.5 Å². The number of nitrogens with one attached hydrogen (secondary N) is 1. The zero-order chi connectivity index (χ0) is 13.4. The van der Waals surface area contributed by atoms with Crippen molar-refractivity contribution in [2.75, 3.05) is 6.54 Å². The zero-order valence-electron chi connectivity index (χ0n) is 11.0. The van der Waals surface area contributed by atoms with E-state index < -0.39 is 0 Å². The van der Waals surface area contributed by atoms with Gasteiger partial charge in [0.1, 0.15) is 12.1 Å². The van der Waals surface area contributed by atoms with Gasteiger partial charge in [0, 0.05) is 6.54 Å². The summed E-state index contributed by atoms with van der Waals surface area (Å²) in [5.74, 6) is 0.458. The van der Waals surface area contributed by atoms with Crippen LogP contribution in [0, 0.1) is 5.92 Å². The van der Waals surface area contributed by atoms with E-state index in [1.54, 1.807) is 16.2 Å². The Hall–Kier alpha value is -1.36. The highest BCUT2D eigenvalue weighted by molar-refractivity contribution is 7.07. The molecule has 102 valence electrons. The predicted molar refractivity (Wildman–Crippen MR) is 73.9 cm³/mol. The molecule has 3 rings (SSSR count). The molecule has 1 aliphatic carbocycles. The molecule has 2 aliphatic rings. The average Bonchev–Trinajstić information content (AvgIpc) is 3.10. The third kappa shape index (κ3) is 2.52. The van der Waals surface area contributed by atoms with E-state index in [1.165, 1.54) is 5.56 Å². The minimum atomic E-state index is -0.346. The highest BCUT2D eigenvalue weighted by Crippen LogP contribution is 2.35. The number of nitrogens with zero attached hydrogens (tertiary/aromatic N) is 1. The van der Waals surface area contributed by atoms with Crippen molar-refractivity contribution in [3.63, 3.8) is 0 Å². The molecule has 0 spiro atoms. The van der Waals surface area contributed by atoms with Crippen molar-refractivity contribution in [1.29, 1.82) is 0 Å². The summed E-state index contributed by atoms with van der Waals surface area (Å²) in [4.78, 5) is 26.1. The monoisotopic (exact) mass is 278 g/mol. The normalized spacial score (nSPS) is 27.5. The van der Waals surface area contributed by atoms with E-state index in [0.717, 1.165) is 19.3 Å². The van der Waals surface area contributed by atoms with E-state index in [2.05, 4.69) is 16.8 Å². The number of rotatable bonds is 4. The van der Waals surface area contributed by atoms with E-state index in [1.807, 2.05) is 12.3 Å². The molecule has 2 amide bonds. The summed E-state index contributed by atoms with van der Waals surface area (Å²) < 4.78 is 0. The summed E-state index contributed by atoms with van der Waals surface area (Å²) in [5.41, 5.74) is 1.24. The Kier molecular flexibility index (Phi) is 3.31. The Labute approximate surface area is 116 Å². The maximum absolute atomic E-state index is 12.4.